The summed E-state index contributed by atoms with van der Waals surface area (Å²) >= 11 is 0. The first-order valence-corrected chi connectivity index (χ1v) is 9.97. The highest BCUT2D eigenvalue weighted by Crippen LogP contribution is 2.68. The van der Waals surface area contributed by atoms with Gasteiger partial charge in [-0.25, -0.2) is 0 Å². The van der Waals surface area contributed by atoms with E-state index in [4.69, 9.17) is 0 Å². The van der Waals surface area contributed by atoms with Crippen molar-refractivity contribution in [2.45, 2.75) is 84.2 Å². The van der Waals surface area contributed by atoms with E-state index in [1.165, 1.54) is 6.42 Å². The van der Waals surface area contributed by atoms with Crippen molar-refractivity contribution >= 4 is 11.6 Å². The molecule has 1 N–H and O–H groups in total. The van der Waals surface area contributed by atoms with E-state index >= 15 is 0 Å². The summed E-state index contributed by atoms with van der Waals surface area (Å²) in [5, 5.41) is 11.2. The summed E-state index contributed by atoms with van der Waals surface area (Å²) in [5.74, 6) is 2.78. The molecule has 3 nitrogen and oxygen atoms in total. The summed E-state index contributed by atoms with van der Waals surface area (Å²) in [4.78, 5) is 24.2. The van der Waals surface area contributed by atoms with Gasteiger partial charge in [0.2, 0.25) is 0 Å². The quantitative estimate of drug-likeness (QED) is 0.792. The van der Waals surface area contributed by atoms with Crippen LogP contribution in [0.1, 0.15) is 78.6 Å². The second-order valence-electron chi connectivity index (χ2n) is 9.81. The lowest BCUT2D eigenvalue weighted by atomic mass is 9.44. The van der Waals surface area contributed by atoms with Crippen molar-refractivity contribution in [3.8, 4) is 0 Å². The summed E-state index contributed by atoms with van der Waals surface area (Å²) in [5.41, 5.74) is -1.05. The predicted octanol–water partition coefficient (Wildman–Crippen LogP) is 3.92. The fourth-order valence-corrected chi connectivity index (χ4v) is 7.64. The molecule has 7 atom stereocenters. The standard InChI is InChI=1S/C21H32O3/c1-13(22)21(24)11-8-18-16-5-4-14-12-15(23)6-9-19(14,2)17(16)7-10-20(18,21)3/h14,16-18,24H,4-12H2,1-3H3/t14-,16-,17+,18+,19-,20-,21+/m0/s1. The Labute approximate surface area is 145 Å². The van der Waals surface area contributed by atoms with Crippen molar-refractivity contribution in [2.75, 3.05) is 0 Å². The van der Waals surface area contributed by atoms with E-state index in [0.717, 1.165) is 44.9 Å². The molecule has 24 heavy (non-hydrogen) atoms. The molecule has 0 aromatic carbocycles. The van der Waals surface area contributed by atoms with Crippen LogP contribution in [0, 0.1) is 34.5 Å². The van der Waals surface area contributed by atoms with E-state index in [0.29, 0.717) is 41.3 Å². The summed E-state index contributed by atoms with van der Waals surface area (Å²) < 4.78 is 0. The van der Waals surface area contributed by atoms with Gasteiger partial charge in [-0.1, -0.05) is 13.8 Å². The number of rotatable bonds is 1. The minimum atomic E-state index is -1.11. The lowest BCUT2D eigenvalue weighted by Crippen LogP contribution is -2.58. The van der Waals surface area contributed by atoms with Gasteiger partial charge < -0.3 is 5.11 Å². The van der Waals surface area contributed by atoms with Crippen molar-refractivity contribution in [2.24, 2.45) is 34.5 Å². The number of ketones is 2. The molecular formula is C21H32O3. The molecule has 4 rings (SSSR count). The van der Waals surface area contributed by atoms with Crippen molar-refractivity contribution < 1.29 is 14.7 Å². The van der Waals surface area contributed by atoms with Gasteiger partial charge in [0.05, 0.1) is 0 Å². The molecule has 0 heterocycles. The van der Waals surface area contributed by atoms with Crippen LogP contribution in [0.3, 0.4) is 0 Å². The second kappa shape index (κ2) is 5.16. The third kappa shape index (κ3) is 1.94. The zero-order valence-electron chi connectivity index (χ0n) is 15.4. The summed E-state index contributed by atoms with van der Waals surface area (Å²) in [6, 6.07) is 0. The predicted molar refractivity (Wildman–Crippen MR) is 92.4 cm³/mol. The van der Waals surface area contributed by atoms with Crippen LogP contribution in [0.4, 0.5) is 0 Å². The molecule has 134 valence electrons. The van der Waals surface area contributed by atoms with Gasteiger partial charge in [0.15, 0.2) is 5.78 Å². The molecular weight excluding hydrogens is 300 g/mol. The number of hydrogen-bond donors (Lipinski definition) is 1. The van der Waals surface area contributed by atoms with Crippen LogP contribution in [-0.4, -0.2) is 22.3 Å². The lowest BCUT2D eigenvalue weighted by Gasteiger charge is -2.60. The first-order valence-electron chi connectivity index (χ1n) is 9.97. The Kier molecular flexibility index (Phi) is 3.60. The average Bonchev–Trinajstić information content (AvgIpc) is 2.81. The highest BCUT2D eigenvalue weighted by molar-refractivity contribution is 5.86. The number of hydrogen-bond acceptors (Lipinski definition) is 3. The Balaban J connectivity index is 1.66. The fraction of sp³-hybridized carbons (Fsp3) is 0.905. The smallest absolute Gasteiger partial charge is 0.161 e. The first kappa shape index (κ1) is 16.8. The Hall–Kier alpha value is -0.700. The summed E-state index contributed by atoms with van der Waals surface area (Å²) in [6.07, 6.45) is 8.67. The molecule has 4 aliphatic rings. The maximum Gasteiger partial charge on any atom is 0.161 e. The van der Waals surface area contributed by atoms with Gasteiger partial charge in [-0.15, -0.1) is 0 Å². The van der Waals surface area contributed by atoms with Gasteiger partial charge in [0.25, 0.3) is 0 Å². The Morgan fingerprint density at radius 2 is 1.75 bits per heavy atom. The van der Waals surface area contributed by atoms with Crippen LogP contribution in [0.2, 0.25) is 0 Å². The zero-order chi connectivity index (χ0) is 17.3. The van der Waals surface area contributed by atoms with Gasteiger partial charge in [0, 0.05) is 18.3 Å². The molecule has 4 fully saturated rings. The van der Waals surface area contributed by atoms with Crippen LogP contribution >= 0.6 is 0 Å². The molecule has 4 aliphatic carbocycles. The van der Waals surface area contributed by atoms with Gasteiger partial charge in [-0.05, 0) is 81.0 Å². The Morgan fingerprint density at radius 3 is 2.46 bits per heavy atom. The maximum atomic E-state index is 12.2. The van der Waals surface area contributed by atoms with Crippen LogP contribution in [0.5, 0.6) is 0 Å². The number of aliphatic hydroxyl groups is 1. The van der Waals surface area contributed by atoms with Gasteiger partial charge in [-0.2, -0.15) is 0 Å². The topological polar surface area (TPSA) is 54.4 Å². The van der Waals surface area contributed by atoms with Crippen molar-refractivity contribution in [3.63, 3.8) is 0 Å². The molecule has 0 aliphatic heterocycles. The molecule has 0 spiro atoms. The monoisotopic (exact) mass is 332 g/mol. The number of Topliss-reactive ketones (excluding diaryl/α,β-unsaturated/α-hetero) is 2. The van der Waals surface area contributed by atoms with Crippen LogP contribution in [0.25, 0.3) is 0 Å². The summed E-state index contributed by atoms with van der Waals surface area (Å²) in [6.45, 7) is 6.20. The molecule has 0 aromatic heterocycles. The Morgan fingerprint density at radius 1 is 1.04 bits per heavy atom. The van der Waals surface area contributed by atoms with Crippen LogP contribution in [-0.2, 0) is 9.59 Å². The van der Waals surface area contributed by atoms with E-state index in [9.17, 15) is 14.7 Å². The molecule has 3 heteroatoms. The molecule has 4 saturated carbocycles. The molecule has 0 aromatic rings. The number of fused-ring (bicyclic) bond motifs is 5. The largest absolute Gasteiger partial charge is 0.382 e. The number of carbonyl (C=O) groups is 2. The SMILES string of the molecule is CC(=O)[C@]1(O)CC[C@@H]2[C@H]3CC[C@H]4CC(=O)CC[C@]4(C)[C@@H]3CC[C@@]21C. The average molecular weight is 332 g/mol. The Bertz CT molecular complexity index is 584. The zero-order valence-corrected chi connectivity index (χ0v) is 15.4. The third-order valence-corrected chi connectivity index (χ3v) is 9.22. The van der Waals surface area contributed by atoms with Gasteiger partial charge in [-0.3, -0.25) is 9.59 Å². The van der Waals surface area contributed by atoms with E-state index in [1.807, 2.05) is 0 Å². The summed E-state index contributed by atoms with van der Waals surface area (Å²) in [7, 11) is 0. The molecule has 0 bridgehead atoms. The maximum absolute atomic E-state index is 12.2. The van der Waals surface area contributed by atoms with Gasteiger partial charge >= 0.3 is 0 Å². The number of carbonyl (C=O) groups excluding carboxylic acids is 2. The molecule has 0 radical (unpaired) electrons. The highest BCUT2D eigenvalue weighted by Gasteiger charge is 2.65. The van der Waals surface area contributed by atoms with E-state index in [2.05, 4.69) is 13.8 Å². The molecule has 0 unspecified atom stereocenters. The van der Waals surface area contributed by atoms with Crippen molar-refractivity contribution in [3.05, 3.63) is 0 Å². The minimum absolute atomic E-state index is 0.0332. The second-order valence-corrected chi connectivity index (χ2v) is 9.81. The molecule has 0 saturated heterocycles. The third-order valence-electron chi connectivity index (χ3n) is 9.22. The van der Waals surface area contributed by atoms with E-state index in [1.54, 1.807) is 6.92 Å². The van der Waals surface area contributed by atoms with E-state index < -0.39 is 5.60 Å². The normalized spacial score (nSPS) is 53.9. The lowest BCUT2D eigenvalue weighted by molar-refractivity contribution is -0.169. The van der Waals surface area contributed by atoms with Gasteiger partial charge in [0.1, 0.15) is 11.4 Å². The highest BCUT2D eigenvalue weighted by atomic mass is 16.3. The molecule has 0 amide bonds. The minimum Gasteiger partial charge on any atom is -0.382 e. The first-order chi connectivity index (χ1) is 11.2. The van der Waals surface area contributed by atoms with Crippen molar-refractivity contribution in [1.29, 1.82) is 0 Å². The van der Waals surface area contributed by atoms with Crippen LogP contribution in [0.15, 0.2) is 0 Å². The van der Waals surface area contributed by atoms with Crippen molar-refractivity contribution in [1.82, 2.24) is 0 Å². The fourth-order valence-electron chi connectivity index (χ4n) is 7.64. The van der Waals surface area contributed by atoms with Crippen LogP contribution < -0.4 is 0 Å². The van der Waals surface area contributed by atoms with E-state index in [-0.39, 0.29) is 11.2 Å².